The van der Waals surface area contributed by atoms with Gasteiger partial charge in [-0.2, -0.15) is 11.8 Å². The molecule has 1 aromatic carbocycles. The maximum atomic E-state index is 5.91. The van der Waals surface area contributed by atoms with E-state index in [0.29, 0.717) is 6.04 Å². The number of halogens is 2. The fourth-order valence-electron chi connectivity index (χ4n) is 1.82. The lowest BCUT2D eigenvalue weighted by Crippen LogP contribution is -2.33. The minimum absolute atomic E-state index is 0.668. The lowest BCUT2D eigenvalue weighted by Gasteiger charge is -2.22. The van der Waals surface area contributed by atoms with E-state index in [1.165, 1.54) is 29.9 Å². The van der Waals surface area contributed by atoms with E-state index in [-0.39, 0.29) is 0 Å². The van der Waals surface area contributed by atoms with E-state index in [1.807, 2.05) is 23.9 Å². The molecule has 0 radical (unpaired) electrons. The summed E-state index contributed by atoms with van der Waals surface area (Å²) in [6.45, 7) is 0.920. The van der Waals surface area contributed by atoms with Gasteiger partial charge in [0.15, 0.2) is 0 Å². The first-order valence-corrected chi connectivity index (χ1v) is 7.83. The van der Waals surface area contributed by atoms with E-state index < -0.39 is 0 Å². The number of rotatable bonds is 3. The predicted molar refractivity (Wildman–Crippen MR) is 76.3 cm³/mol. The van der Waals surface area contributed by atoms with Gasteiger partial charge in [0.05, 0.1) is 0 Å². The Morgan fingerprint density at radius 1 is 1.50 bits per heavy atom. The van der Waals surface area contributed by atoms with Crippen molar-refractivity contribution in [3.8, 4) is 0 Å². The van der Waals surface area contributed by atoms with Gasteiger partial charge < -0.3 is 5.32 Å². The Hall–Kier alpha value is 0.300. The molecule has 1 aliphatic heterocycles. The van der Waals surface area contributed by atoms with Crippen molar-refractivity contribution in [3.05, 3.63) is 33.3 Å². The van der Waals surface area contributed by atoms with Crippen LogP contribution >= 0.6 is 39.3 Å². The van der Waals surface area contributed by atoms with Crippen LogP contribution in [-0.4, -0.2) is 17.5 Å². The highest BCUT2D eigenvalue weighted by atomic mass is 79.9. The van der Waals surface area contributed by atoms with Crippen LogP contribution in [0.25, 0.3) is 0 Å². The second-order valence-electron chi connectivity index (χ2n) is 4.03. The van der Waals surface area contributed by atoms with Crippen LogP contribution in [0, 0.1) is 0 Å². The maximum Gasteiger partial charge on any atom is 0.0417 e. The van der Waals surface area contributed by atoms with Gasteiger partial charge >= 0.3 is 0 Å². The van der Waals surface area contributed by atoms with Gasteiger partial charge in [0.2, 0.25) is 0 Å². The second kappa shape index (κ2) is 6.29. The molecule has 88 valence electrons. The Morgan fingerprint density at radius 3 is 3.06 bits per heavy atom. The molecule has 1 atom stereocenters. The zero-order valence-electron chi connectivity index (χ0n) is 9.01. The van der Waals surface area contributed by atoms with Crippen LogP contribution in [0.1, 0.15) is 18.4 Å². The second-order valence-corrected chi connectivity index (χ2v) is 6.47. The van der Waals surface area contributed by atoms with Crippen molar-refractivity contribution in [2.75, 3.05) is 11.5 Å². The largest absolute Gasteiger partial charge is 0.309 e. The molecule has 2 rings (SSSR count). The van der Waals surface area contributed by atoms with Crippen molar-refractivity contribution in [1.82, 2.24) is 5.32 Å². The Kier molecular flexibility index (Phi) is 5.01. The fraction of sp³-hybridized carbons (Fsp3) is 0.500. The predicted octanol–water partition coefficient (Wildman–Crippen LogP) is 4.09. The first-order valence-electron chi connectivity index (χ1n) is 5.51. The van der Waals surface area contributed by atoms with Crippen molar-refractivity contribution in [2.24, 2.45) is 0 Å². The molecular formula is C12H15BrClNS. The molecule has 1 heterocycles. The summed E-state index contributed by atoms with van der Waals surface area (Å²) in [6.07, 6.45) is 2.64. The fourth-order valence-corrected chi connectivity index (χ4v) is 3.75. The topological polar surface area (TPSA) is 12.0 Å². The molecule has 0 bridgehead atoms. The Morgan fingerprint density at radius 2 is 2.38 bits per heavy atom. The third-order valence-corrected chi connectivity index (χ3v) is 4.95. The first-order chi connectivity index (χ1) is 7.75. The zero-order valence-corrected chi connectivity index (χ0v) is 12.2. The van der Waals surface area contributed by atoms with E-state index in [4.69, 9.17) is 11.6 Å². The zero-order chi connectivity index (χ0) is 11.4. The minimum atomic E-state index is 0.668. The highest BCUT2D eigenvalue weighted by molar-refractivity contribution is 9.10. The number of hydrogen-bond acceptors (Lipinski definition) is 2. The molecule has 16 heavy (non-hydrogen) atoms. The molecule has 1 N–H and O–H groups in total. The Labute approximate surface area is 114 Å². The summed E-state index contributed by atoms with van der Waals surface area (Å²) in [5.41, 5.74) is 1.28. The minimum Gasteiger partial charge on any atom is -0.309 e. The van der Waals surface area contributed by atoms with Crippen molar-refractivity contribution in [2.45, 2.75) is 25.4 Å². The van der Waals surface area contributed by atoms with Crippen LogP contribution in [0.4, 0.5) is 0 Å². The summed E-state index contributed by atoms with van der Waals surface area (Å²) in [5, 5.41) is 4.39. The van der Waals surface area contributed by atoms with Gasteiger partial charge in [-0.15, -0.1) is 0 Å². The smallest absolute Gasteiger partial charge is 0.0417 e. The average Bonchev–Trinajstić information content (AvgIpc) is 2.29. The van der Waals surface area contributed by atoms with Crippen molar-refractivity contribution in [3.63, 3.8) is 0 Å². The third kappa shape index (κ3) is 3.66. The number of benzene rings is 1. The van der Waals surface area contributed by atoms with E-state index in [2.05, 4.69) is 27.3 Å². The summed E-state index contributed by atoms with van der Waals surface area (Å²) >= 11 is 11.5. The summed E-state index contributed by atoms with van der Waals surface area (Å²) < 4.78 is 1.09. The molecule has 0 spiro atoms. The summed E-state index contributed by atoms with van der Waals surface area (Å²) in [6, 6.07) is 6.64. The van der Waals surface area contributed by atoms with Gasteiger partial charge in [0.25, 0.3) is 0 Å². The van der Waals surface area contributed by atoms with Gasteiger partial charge in [-0.25, -0.2) is 0 Å². The normalized spacial score (nSPS) is 21.0. The summed E-state index contributed by atoms with van der Waals surface area (Å²) in [4.78, 5) is 0. The lowest BCUT2D eigenvalue weighted by atomic mass is 10.1. The van der Waals surface area contributed by atoms with E-state index in [9.17, 15) is 0 Å². The van der Waals surface area contributed by atoms with Crippen LogP contribution in [-0.2, 0) is 6.54 Å². The molecule has 1 aromatic rings. The molecule has 1 nitrogen and oxygen atoms in total. The van der Waals surface area contributed by atoms with Gasteiger partial charge in [-0.1, -0.05) is 33.6 Å². The molecular weight excluding hydrogens is 306 g/mol. The van der Waals surface area contributed by atoms with Crippen molar-refractivity contribution in [1.29, 1.82) is 0 Å². The maximum absolute atomic E-state index is 5.91. The molecule has 1 aliphatic rings. The number of nitrogens with one attached hydrogen (secondary N) is 1. The van der Waals surface area contributed by atoms with E-state index in [1.54, 1.807) is 0 Å². The molecule has 0 amide bonds. The van der Waals surface area contributed by atoms with E-state index >= 15 is 0 Å². The van der Waals surface area contributed by atoms with Crippen LogP contribution in [0.3, 0.4) is 0 Å². The molecule has 0 saturated carbocycles. The van der Waals surface area contributed by atoms with Gasteiger partial charge in [0, 0.05) is 27.8 Å². The van der Waals surface area contributed by atoms with Crippen LogP contribution in [0.15, 0.2) is 22.7 Å². The first kappa shape index (κ1) is 12.7. The SMILES string of the molecule is Clc1ccc(CNC2CCCSC2)c(Br)c1. The van der Waals surface area contributed by atoms with Crippen molar-refractivity contribution < 1.29 is 0 Å². The Bertz CT molecular complexity index is 353. The van der Waals surface area contributed by atoms with Crippen LogP contribution in [0.5, 0.6) is 0 Å². The Balaban J connectivity index is 1.88. The molecule has 1 fully saturated rings. The van der Waals surface area contributed by atoms with Crippen LogP contribution in [0.2, 0.25) is 5.02 Å². The highest BCUT2D eigenvalue weighted by Gasteiger charge is 2.13. The van der Waals surface area contributed by atoms with Gasteiger partial charge in [-0.05, 0) is 36.3 Å². The highest BCUT2D eigenvalue weighted by Crippen LogP contribution is 2.22. The summed E-state index contributed by atoms with van der Waals surface area (Å²) in [5.74, 6) is 2.56. The number of hydrogen-bond donors (Lipinski definition) is 1. The number of thioether (sulfide) groups is 1. The monoisotopic (exact) mass is 319 g/mol. The molecule has 1 saturated heterocycles. The molecule has 0 aliphatic carbocycles. The molecule has 4 heteroatoms. The molecule has 0 aromatic heterocycles. The van der Waals surface area contributed by atoms with Gasteiger partial charge in [0.1, 0.15) is 0 Å². The summed E-state index contributed by atoms with van der Waals surface area (Å²) in [7, 11) is 0. The lowest BCUT2D eigenvalue weighted by molar-refractivity contribution is 0.507. The van der Waals surface area contributed by atoms with Gasteiger partial charge in [-0.3, -0.25) is 0 Å². The third-order valence-electron chi connectivity index (χ3n) is 2.76. The average molecular weight is 321 g/mol. The molecule has 1 unspecified atom stereocenters. The van der Waals surface area contributed by atoms with Crippen LogP contribution < -0.4 is 5.32 Å². The standard InChI is InChI=1S/C12H15BrClNS/c13-12-6-10(14)4-3-9(12)7-15-11-2-1-5-16-8-11/h3-4,6,11,15H,1-2,5,7-8H2. The van der Waals surface area contributed by atoms with E-state index in [0.717, 1.165) is 16.0 Å². The quantitative estimate of drug-likeness (QED) is 0.900. The van der Waals surface area contributed by atoms with Crippen molar-refractivity contribution >= 4 is 39.3 Å².